The zero-order valence-electron chi connectivity index (χ0n) is 14.4. The summed E-state index contributed by atoms with van der Waals surface area (Å²) >= 11 is 0. The quantitative estimate of drug-likeness (QED) is 0.726. The van der Waals surface area contributed by atoms with Crippen molar-refractivity contribution in [2.75, 3.05) is 13.6 Å². The van der Waals surface area contributed by atoms with Crippen molar-refractivity contribution in [3.8, 4) is 0 Å². The molecule has 3 aromatic rings. The molecule has 5 heteroatoms. The van der Waals surface area contributed by atoms with Gasteiger partial charge < -0.3 is 9.30 Å². The monoisotopic (exact) mass is 322 g/mol. The van der Waals surface area contributed by atoms with Gasteiger partial charge in [-0.2, -0.15) is 0 Å². The largest absolute Gasteiger partial charge is 0.341 e. The van der Waals surface area contributed by atoms with Crippen LogP contribution in [0.25, 0.3) is 5.65 Å². The van der Waals surface area contributed by atoms with Gasteiger partial charge in [-0.15, -0.1) is 0 Å². The van der Waals surface area contributed by atoms with Crippen LogP contribution in [0.5, 0.6) is 0 Å². The number of hydrogen-bond acceptors (Lipinski definition) is 3. The van der Waals surface area contributed by atoms with E-state index in [9.17, 15) is 4.79 Å². The van der Waals surface area contributed by atoms with Gasteiger partial charge in [0.1, 0.15) is 5.65 Å². The zero-order valence-corrected chi connectivity index (χ0v) is 14.4. The number of likely N-dealkylation sites (N-methyl/N-ethyl adjacent to an activating group) is 1. The Morgan fingerprint density at radius 3 is 2.67 bits per heavy atom. The van der Waals surface area contributed by atoms with Crippen LogP contribution in [0.1, 0.15) is 34.2 Å². The Kier molecular flexibility index (Phi) is 4.60. The summed E-state index contributed by atoms with van der Waals surface area (Å²) in [7, 11) is 1.84. The number of rotatable bonds is 5. The van der Waals surface area contributed by atoms with Crippen LogP contribution < -0.4 is 0 Å². The Morgan fingerprint density at radius 1 is 1.21 bits per heavy atom. The molecule has 0 fully saturated rings. The van der Waals surface area contributed by atoms with Crippen LogP contribution in [0.2, 0.25) is 0 Å². The highest BCUT2D eigenvalue weighted by molar-refractivity contribution is 5.94. The van der Waals surface area contributed by atoms with E-state index in [0.29, 0.717) is 12.1 Å². The topological polar surface area (TPSA) is 50.5 Å². The van der Waals surface area contributed by atoms with Gasteiger partial charge >= 0.3 is 0 Å². The first-order valence-corrected chi connectivity index (χ1v) is 8.22. The fourth-order valence-electron chi connectivity index (χ4n) is 2.84. The van der Waals surface area contributed by atoms with Gasteiger partial charge in [0.15, 0.2) is 0 Å². The standard InChI is InChI=1S/C19H22N4O/c1-4-17-14(2)23-13-16(5-6-18(23)21-17)19(24)22(3)12-9-15-7-10-20-11-8-15/h5-8,10-11,13H,4,9,12H2,1-3H3. The molecule has 0 atom stereocenters. The lowest BCUT2D eigenvalue weighted by Crippen LogP contribution is -2.29. The number of amides is 1. The molecule has 3 heterocycles. The van der Waals surface area contributed by atoms with Crippen molar-refractivity contribution in [3.05, 3.63) is 65.4 Å². The minimum absolute atomic E-state index is 0.0251. The van der Waals surface area contributed by atoms with Gasteiger partial charge in [0.2, 0.25) is 0 Å². The van der Waals surface area contributed by atoms with E-state index in [0.717, 1.165) is 29.9 Å². The minimum Gasteiger partial charge on any atom is -0.341 e. The highest BCUT2D eigenvalue weighted by Crippen LogP contribution is 2.15. The number of aromatic nitrogens is 3. The molecule has 0 bridgehead atoms. The SMILES string of the molecule is CCc1nc2ccc(C(=O)N(C)CCc3ccncc3)cn2c1C. The van der Waals surface area contributed by atoms with Crippen LogP contribution in [0, 0.1) is 6.92 Å². The summed E-state index contributed by atoms with van der Waals surface area (Å²) in [5.74, 6) is 0.0251. The van der Waals surface area contributed by atoms with Crippen molar-refractivity contribution in [3.63, 3.8) is 0 Å². The Hall–Kier alpha value is -2.69. The summed E-state index contributed by atoms with van der Waals surface area (Å²) in [6.07, 6.45) is 7.15. The fraction of sp³-hybridized carbons (Fsp3) is 0.316. The second kappa shape index (κ2) is 6.83. The number of fused-ring (bicyclic) bond motifs is 1. The highest BCUT2D eigenvalue weighted by atomic mass is 16.2. The van der Waals surface area contributed by atoms with Crippen molar-refractivity contribution < 1.29 is 4.79 Å². The molecular weight excluding hydrogens is 300 g/mol. The van der Waals surface area contributed by atoms with Gasteiger partial charge in [-0.1, -0.05) is 6.92 Å². The van der Waals surface area contributed by atoms with E-state index in [4.69, 9.17) is 0 Å². The molecule has 5 nitrogen and oxygen atoms in total. The van der Waals surface area contributed by atoms with Gasteiger partial charge in [0.05, 0.1) is 11.3 Å². The lowest BCUT2D eigenvalue weighted by Gasteiger charge is -2.17. The predicted octanol–water partition coefficient (Wildman–Crippen LogP) is 2.91. The molecule has 0 radical (unpaired) electrons. The van der Waals surface area contributed by atoms with Crippen LogP contribution in [0.4, 0.5) is 0 Å². The van der Waals surface area contributed by atoms with Crippen LogP contribution in [0.15, 0.2) is 42.9 Å². The normalized spacial score (nSPS) is 11.0. The third-order valence-electron chi connectivity index (χ3n) is 4.37. The number of pyridine rings is 2. The van der Waals surface area contributed by atoms with Crippen molar-refractivity contribution in [2.45, 2.75) is 26.7 Å². The maximum Gasteiger partial charge on any atom is 0.255 e. The molecular formula is C19H22N4O. The number of carbonyl (C=O) groups excluding carboxylic acids is 1. The lowest BCUT2D eigenvalue weighted by atomic mass is 10.2. The molecule has 0 N–H and O–H groups in total. The Bertz CT molecular complexity index is 854. The van der Waals surface area contributed by atoms with Crippen LogP contribution >= 0.6 is 0 Å². The van der Waals surface area contributed by atoms with Crippen molar-refractivity contribution in [1.29, 1.82) is 0 Å². The maximum atomic E-state index is 12.7. The molecule has 0 saturated heterocycles. The second-order valence-electron chi connectivity index (χ2n) is 5.98. The molecule has 0 saturated carbocycles. The van der Waals surface area contributed by atoms with E-state index in [1.54, 1.807) is 17.3 Å². The van der Waals surface area contributed by atoms with Gasteiger partial charge in [0, 0.05) is 37.9 Å². The molecule has 3 aromatic heterocycles. The van der Waals surface area contributed by atoms with Gasteiger partial charge in [-0.3, -0.25) is 9.78 Å². The van der Waals surface area contributed by atoms with Crippen molar-refractivity contribution in [1.82, 2.24) is 19.3 Å². The average Bonchev–Trinajstić information content (AvgIpc) is 2.95. The number of aryl methyl sites for hydroxylation is 2. The molecule has 24 heavy (non-hydrogen) atoms. The molecule has 3 rings (SSSR count). The first-order valence-electron chi connectivity index (χ1n) is 8.22. The second-order valence-corrected chi connectivity index (χ2v) is 5.98. The van der Waals surface area contributed by atoms with Gasteiger partial charge in [-0.05, 0) is 49.6 Å². The molecule has 0 aliphatic rings. The molecule has 0 aromatic carbocycles. The molecule has 0 aliphatic carbocycles. The van der Waals surface area contributed by atoms with Crippen LogP contribution in [0.3, 0.4) is 0 Å². The summed E-state index contributed by atoms with van der Waals surface area (Å²) in [4.78, 5) is 23.0. The summed E-state index contributed by atoms with van der Waals surface area (Å²) in [6, 6.07) is 7.72. The van der Waals surface area contributed by atoms with E-state index in [1.165, 1.54) is 5.56 Å². The third kappa shape index (κ3) is 3.15. The Morgan fingerprint density at radius 2 is 1.96 bits per heavy atom. The zero-order chi connectivity index (χ0) is 17.1. The van der Waals surface area contributed by atoms with Crippen molar-refractivity contribution >= 4 is 11.6 Å². The first kappa shape index (κ1) is 16.2. The molecule has 0 aliphatic heterocycles. The Labute approximate surface area is 142 Å². The lowest BCUT2D eigenvalue weighted by molar-refractivity contribution is 0.0796. The van der Waals surface area contributed by atoms with E-state index >= 15 is 0 Å². The molecule has 0 spiro atoms. The molecule has 0 unspecified atom stereocenters. The summed E-state index contributed by atoms with van der Waals surface area (Å²) < 4.78 is 2.00. The average molecular weight is 322 g/mol. The molecule has 1 amide bonds. The highest BCUT2D eigenvalue weighted by Gasteiger charge is 2.14. The van der Waals surface area contributed by atoms with Crippen LogP contribution in [-0.4, -0.2) is 38.8 Å². The molecule has 124 valence electrons. The van der Waals surface area contributed by atoms with Crippen LogP contribution in [-0.2, 0) is 12.8 Å². The van der Waals surface area contributed by atoms with Gasteiger partial charge in [0.25, 0.3) is 5.91 Å². The van der Waals surface area contributed by atoms with E-state index in [1.807, 2.05) is 48.8 Å². The maximum absolute atomic E-state index is 12.7. The first-order chi connectivity index (χ1) is 11.6. The van der Waals surface area contributed by atoms with E-state index < -0.39 is 0 Å². The van der Waals surface area contributed by atoms with E-state index in [2.05, 4.69) is 16.9 Å². The summed E-state index contributed by atoms with van der Waals surface area (Å²) in [6.45, 7) is 4.80. The number of imidazole rings is 1. The predicted molar refractivity (Wildman–Crippen MR) is 94.2 cm³/mol. The summed E-state index contributed by atoms with van der Waals surface area (Å²) in [5.41, 5.74) is 4.92. The fourth-order valence-corrected chi connectivity index (χ4v) is 2.84. The smallest absolute Gasteiger partial charge is 0.255 e. The van der Waals surface area contributed by atoms with Crippen molar-refractivity contribution in [2.24, 2.45) is 0 Å². The minimum atomic E-state index is 0.0251. The third-order valence-corrected chi connectivity index (χ3v) is 4.37. The Balaban J connectivity index is 1.76. The number of nitrogens with zero attached hydrogens (tertiary/aromatic N) is 4. The van der Waals surface area contributed by atoms with Gasteiger partial charge in [-0.25, -0.2) is 4.98 Å². The summed E-state index contributed by atoms with van der Waals surface area (Å²) in [5, 5.41) is 0. The number of hydrogen-bond donors (Lipinski definition) is 0. The number of carbonyl (C=O) groups is 1. The van der Waals surface area contributed by atoms with E-state index in [-0.39, 0.29) is 5.91 Å².